The summed E-state index contributed by atoms with van der Waals surface area (Å²) in [5.74, 6) is 5.86. The lowest BCUT2D eigenvalue weighted by atomic mass is 9.76. The minimum atomic E-state index is 0.544. The summed E-state index contributed by atoms with van der Waals surface area (Å²) in [6.45, 7) is 4.70. The highest BCUT2D eigenvalue weighted by Crippen LogP contribution is 2.56. The molecule has 3 aliphatic rings. The Balaban J connectivity index is 1.99. The van der Waals surface area contributed by atoms with Gasteiger partial charge >= 0.3 is 0 Å². The van der Waals surface area contributed by atoms with E-state index in [1.54, 1.807) is 0 Å². The van der Waals surface area contributed by atoms with Gasteiger partial charge in [-0.25, -0.2) is 0 Å². The van der Waals surface area contributed by atoms with Crippen LogP contribution in [0.3, 0.4) is 0 Å². The molecule has 10 radical (unpaired) electrons. The molecular weight excluding hydrogens is 206 g/mol. The molecule has 3 rings (SSSR count). The summed E-state index contributed by atoms with van der Waals surface area (Å²) in [6, 6.07) is 1.09. The maximum Gasteiger partial charge on any atom is 0.0933 e. The third-order valence-corrected chi connectivity index (χ3v) is 4.89. The zero-order valence-electron chi connectivity index (χ0n) is 11.1. The van der Waals surface area contributed by atoms with Crippen LogP contribution in [0.4, 0.5) is 0 Å². The molecule has 1 aliphatic heterocycles. The molecule has 88 valence electrons. The van der Waals surface area contributed by atoms with E-state index in [0.29, 0.717) is 12.1 Å². The maximum absolute atomic E-state index is 2.35. The van der Waals surface area contributed by atoms with Gasteiger partial charge in [-0.3, -0.25) is 0 Å². The van der Waals surface area contributed by atoms with Gasteiger partial charge < -0.3 is 4.48 Å². The first-order valence-electron chi connectivity index (χ1n) is 6.38. The Morgan fingerprint density at radius 3 is 1.59 bits per heavy atom. The van der Waals surface area contributed by atoms with Gasteiger partial charge in [-0.05, 0) is 52.4 Å². The van der Waals surface area contributed by atoms with Crippen LogP contribution in [0.2, 0.25) is 0 Å². The molecule has 3 fully saturated rings. The SMILES string of the molecule is C[C@H]1[C]2[CH][CH][CH][C]2[C]2[CH][CH][CH][C]2[C@H](C)[N+]1(C)C. The van der Waals surface area contributed by atoms with Gasteiger partial charge in [-0.15, -0.1) is 0 Å². The first kappa shape index (κ1) is 12.0. The van der Waals surface area contributed by atoms with Crippen LogP contribution in [0, 0.1) is 62.2 Å². The smallest absolute Gasteiger partial charge is 0.0933 e. The van der Waals surface area contributed by atoms with E-state index in [4.69, 9.17) is 0 Å². The second-order valence-corrected chi connectivity index (χ2v) is 5.77. The minimum Gasteiger partial charge on any atom is -0.323 e. The van der Waals surface area contributed by atoms with E-state index in [1.165, 1.54) is 23.7 Å². The van der Waals surface area contributed by atoms with Gasteiger partial charge in [0.25, 0.3) is 0 Å². The monoisotopic (exact) mass is 226 g/mol. The van der Waals surface area contributed by atoms with Gasteiger partial charge in [0.1, 0.15) is 0 Å². The summed E-state index contributed by atoms with van der Waals surface area (Å²) in [5, 5.41) is 0. The molecule has 0 aromatic carbocycles. The molecule has 2 atom stereocenters. The highest BCUT2D eigenvalue weighted by molar-refractivity contribution is 5.65. The van der Waals surface area contributed by atoms with Gasteiger partial charge in [0, 0.05) is 23.7 Å². The predicted molar refractivity (Wildman–Crippen MR) is 69.8 cm³/mol. The van der Waals surface area contributed by atoms with Crippen molar-refractivity contribution in [1.82, 2.24) is 0 Å². The van der Waals surface area contributed by atoms with Crippen molar-refractivity contribution in [3.63, 3.8) is 0 Å². The summed E-state index contributed by atoms with van der Waals surface area (Å²) < 4.78 is 1.02. The second kappa shape index (κ2) is 3.98. The Morgan fingerprint density at radius 1 is 0.765 bits per heavy atom. The van der Waals surface area contributed by atoms with E-state index in [2.05, 4.69) is 66.5 Å². The van der Waals surface area contributed by atoms with E-state index in [9.17, 15) is 0 Å². The molecule has 1 nitrogen and oxygen atoms in total. The fraction of sp³-hybridized carbons (Fsp3) is 0.375. The Labute approximate surface area is 107 Å². The average molecular weight is 226 g/mol. The summed E-state index contributed by atoms with van der Waals surface area (Å²) in [4.78, 5) is 0. The summed E-state index contributed by atoms with van der Waals surface area (Å²) in [5.41, 5.74) is 0. The summed E-state index contributed by atoms with van der Waals surface area (Å²) in [6.07, 6.45) is 13.5. The van der Waals surface area contributed by atoms with Crippen LogP contribution in [-0.2, 0) is 0 Å². The lowest BCUT2D eigenvalue weighted by Crippen LogP contribution is -2.56. The van der Waals surface area contributed by atoms with Crippen molar-refractivity contribution in [1.29, 1.82) is 0 Å². The number of quaternary nitrogens is 1. The standard InChI is InChI=1S/C16H20N/c1-11-13-7-5-9-15(13)16-10-6-8-14(16)12(2)17(11,3)4/h5-12H,1-4H3/q+1/t11-,12-/m0/s1. The van der Waals surface area contributed by atoms with Crippen molar-refractivity contribution < 1.29 is 4.48 Å². The molecule has 0 N–H and O–H groups in total. The normalized spacial score (nSPS) is 40.2. The lowest BCUT2D eigenvalue weighted by molar-refractivity contribution is -0.927. The fourth-order valence-corrected chi connectivity index (χ4v) is 3.14. The molecule has 2 aliphatic carbocycles. The van der Waals surface area contributed by atoms with E-state index in [-0.39, 0.29) is 0 Å². The van der Waals surface area contributed by atoms with Gasteiger partial charge in [0.2, 0.25) is 0 Å². The molecule has 0 unspecified atom stereocenters. The Hall–Kier alpha value is -0.0400. The molecular formula is C16H20N+. The number of hydrogen-bond donors (Lipinski definition) is 0. The van der Waals surface area contributed by atoms with Crippen molar-refractivity contribution in [3.8, 4) is 0 Å². The van der Waals surface area contributed by atoms with Crippen molar-refractivity contribution >= 4 is 0 Å². The van der Waals surface area contributed by atoms with Crippen molar-refractivity contribution in [2.45, 2.75) is 25.9 Å². The van der Waals surface area contributed by atoms with E-state index in [0.717, 1.165) is 4.48 Å². The summed E-state index contributed by atoms with van der Waals surface area (Å²) >= 11 is 0. The van der Waals surface area contributed by atoms with E-state index >= 15 is 0 Å². The number of fused-ring (bicyclic) bond motifs is 3. The molecule has 1 heterocycles. The van der Waals surface area contributed by atoms with Crippen molar-refractivity contribution in [2.24, 2.45) is 0 Å². The number of hydrogen-bond acceptors (Lipinski definition) is 0. The molecule has 0 aromatic rings. The molecule has 2 saturated carbocycles. The Bertz CT molecular complexity index is 254. The van der Waals surface area contributed by atoms with Gasteiger partial charge in [-0.2, -0.15) is 0 Å². The summed E-state index contributed by atoms with van der Waals surface area (Å²) in [7, 11) is 4.68. The van der Waals surface area contributed by atoms with Crippen molar-refractivity contribution in [2.75, 3.05) is 14.1 Å². The third kappa shape index (κ3) is 1.61. The van der Waals surface area contributed by atoms with Crippen LogP contribution >= 0.6 is 0 Å². The first-order valence-corrected chi connectivity index (χ1v) is 6.38. The highest BCUT2D eigenvalue weighted by Gasteiger charge is 2.55. The van der Waals surface area contributed by atoms with E-state index in [1.807, 2.05) is 0 Å². The van der Waals surface area contributed by atoms with Gasteiger partial charge in [0.05, 0.1) is 26.2 Å². The Kier molecular flexibility index (Phi) is 2.81. The largest absolute Gasteiger partial charge is 0.323 e. The molecule has 0 amide bonds. The zero-order chi connectivity index (χ0) is 12.2. The van der Waals surface area contributed by atoms with Crippen LogP contribution < -0.4 is 0 Å². The average Bonchev–Trinajstić information content (AvgIpc) is 2.92. The lowest BCUT2D eigenvalue weighted by Gasteiger charge is -2.43. The zero-order valence-corrected chi connectivity index (χ0v) is 11.1. The van der Waals surface area contributed by atoms with Crippen molar-refractivity contribution in [3.05, 3.63) is 62.2 Å². The molecule has 0 spiro atoms. The quantitative estimate of drug-likeness (QED) is 0.556. The molecule has 0 aromatic heterocycles. The van der Waals surface area contributed by atoms with Crippen LogP contribution in [0.1, 0.15) is 13.8 Å². The Morgan fingerprint density at radius 2 is 1.18 bits per heavy atom. The molecule has 1 heteroatoms. The van der Waals surface area contributed by atoms with Crippen LogP contribution in [0.25, 0.3) is 0 Å². The molecule has 0 bridgehead atoms. The molecule has 1 saturated heterocycles. The number of rotatable bonds is 0. The molecule has 17 heavy (non-hydrogen) atoms. The topological polar surface area (TPSA) is 0 Å². The van der Waals surface area contributed by atoms with Crippen LogP contribution in [-0.4, -0.2) is 30.7 Å². The van der Waals surface area contributed by atoms with Gasteiger partial charge in [-0.1, -0.05) is 0 Å². The van der Waals surface area contributed by atoms with Gasteiger partial charge in [0.15, 0.2) is 0 Å². The first-order chi connectivity index (χ1) is 8.03. The van der Waals surface area contributed by atoms with E-state index < -0.39 is 0 Å². The van der Waals surface area contributed by atoms with Crippen LogP contribution in [0.5, 0.6) is 0 Å². The maximum atomic E-state index is 2.35. The second-order valence-electron chi connectivity index (χ2n) is 5.77. The number of likely N-dealkylation sites (tertiary alicyclic amines) is 1. The van der Waals surface area contributed by atoms with Crippen LogP contribution in [0.15, 0.2) is 0 Å². The predicted octanol–water partition coefficient (Wildman–Crippen LogP) is 2.40. The highest BCUT2D eigenvalue weighted by atomic mass is 15.4. The third-order valence-electron chi connectivity index (χ3n) is 4.89. The number of nitrogens with zero attached hydrogens (tertiary/aromatic N) is 1. The fourth-order valence-electron chi connectivity index (χ4n) is 3.14. The minimum absolute atomic E-state index is 0.544.